The molecular formula is C11H11ClN4O2. The van der Waals surface area contributed by atoms with E-state index < -0.39 is 11.2 Å². The van der Waals surface area contributed by atoms with Crippen LogP contribution in [0.5, 0.6) is 0 Å². The van der Waals surface area contributed by atoms with Crippen LogP contribution in [0, 0.1) is 6.92 Å². The molecule has 94 valence electrons. The van der Waals surface area contributed by atoms with Gasteiger partial charge in [0.1, 0.15) is 5.82 Å². The van der Waals surface area contributed by atoms with Gasteiger partial charge in [-0.15, -0.1) is 0 Å². The van der Waals surface area contributed by atoms with Gasteiger partial charge in [-0.2, -0.15) is 0 Å². The van der Waals surface area contributed by atoms with Gasteiger partial charge in [-0.25, -0.2) is 4.79 Å². The number of aryl methyl sites for hydroxylation is 1. The summed E-state index contributed by atoms with van der Waals surface area (Å²) in [6.07, 6.45) is 0. The zero-order valence-electron chi connectivity index (χ0n) is 9.50. The summed E-state index contributed by atoms with van der Waals surface area (Å²) >= 11 is 5.97. The van der Waals surface area contributed by atoms with Crippen LogP contribution in [0.25, 0.3) is 0 Å². The van der Waals surface area contributed by atoms with Crippen LogP contribution in [-0.4, -0.2) is 9.97 Å². The Kier molecular flexibility index (Phi) is 3.38. The second-order valence-electron chi connectivity index (χ2n) is 3.72. The average Bonchev–Trinajstić information content (AvgIpc) is 2.29. The molecule has 4 N–H and O–H groups in total. The lowest BCUT2D eigenvalue weighted by molar-refractivity contribution is 1.03. The molecule has 0 aliphatic heterocycles. The number of aromatic amines is 2. The second kappa shape index (κ2) is 4.97. The number of nitrogens with one attached hydrogen (secondary N) is 4. The molecule has 2 rings (SSSR count). The first-order chi connectivity index (χ1) is 8.54. The van der Waals surface area contributed by atoms with E-state index in [4.69, 9.17) is 11.6 Å². The fourth-order valence-corrected chi connectivity index (χ4v) is 1.53. The molecule has 0 saturated carbocycles. The second-order valence-corrected chi connectivity index (χ2v) is 4.12. The van der Waals surface area contributed by atoms with Crippen LogP contribution < -0.4 is 22.1 Å². The van der Waals surface area contributed by atoms with Gasteiger partial charge < -0.3 is 0 Å². The molecule has 0 unspecified atom stereocenters. The zero-order chi connectivity index (χ0) is 13.1. The van der Waals surface area contributed by atoms with Gasteiger partial charge in [-0.05, 0) is 24.6 Å². The van der Waals surface area contributed by atoms with Crippen LogP contribution >= 0.6 is 11.6 Å². The molecule has 1 heterocycles. The highest BCUT2D eigenvalue weighted by molar-refractivity contribution is 6.31. The molecule has 0 spiro atoms. The summed E-state index contributed by atoms with van der Waals surface area (Å²) < 4.78 is 0. The summed E-state index contributed by atoms with van der Waals surface area (Å²) in [5.74, 6) is 0.264. The Morgan fingerprint density at radius 1 is 1.11 bits per heavy atom. The Morgan fingerprint density at radius 2 is 1.89 bits per heavy atom. The predicted octanol–water partition coefficient (Wildman–Crippen LogP) is 1.46. The minimum Gasteiger partial charge on any atom is -0.300 e. The topological polar surface area (TPSA) is 89.8 Å². The molecule has 6 nitrogen and oxygen atoms in total. The highest BCUT2D eigenvalue weighted by Gasteiger charge is 1.99. The molecule has 0 aliphatic carbocycles. The number of aromatic nitrogens is 2. The fraction of sp³-hybridized carbons (Fsp3) is 0.0909. The van der Waals surface area contributed by atoms with Gasteiger partial charge >= 0.3 is 5.69 Å². The first kappa shape index (κ1) is 12.3. The van der Waals surface area contributed by atoms with Crippen molar-refractivity contribution in [2.75, 3.05) is 10.9 Å². The van der Waals surface area contributed by atoms with E-state index >= 15 is 0 Å². The van der Waals surface area contributed by atoms with E-state index in [1.165, 1.54) is 6.07 Å². The maximum atomic E-state index is 11.1. The first-order valence-electron chi connectivity index (χ1n) is 5.16. The molecule has 1 aromatic carbocycles. The molecule has 0 amide bonds. The van der Waals surface area contributed by atoms with E-state index in [1.807, 2.05) is 19.1 Å². The highest BCUT2D eigenvalue weighted by atomic mass is 35.5. The van der Waals surface area contributed by atoms with Crippen molar-refractivity contribution >= 4 is 23.1 Å². The lowest BCUT2D eigenvalue weighted by atomic mass is 10.2. The molecule has 18 heavy (non-hydrogen) atoms. The molecule has 0 atom stereocenters. The van der Waals surface area contributed by atoms with Gasteiger partial charge in [-0.1, -0.05) is 17.7 Å². The summed E-state index contributed by atoms with van der Waals surface area (Å²) in [6, 6.07) is 6.63. The maximum absolute atomic E-state index is 11.1. The van der Waals surface area contributed by atoms with E-state index in [2.05, 4.69) is 20.8 Å². The van der Waals surface area contributed by atoms with E-state index in [9.17, 15) is 9.59 Å². The van der Waals surface area contributed by atoms with Crippen molar-refractivity contribution < 1.29 is 0 Å². The van der Waals surface area contributed by atoms with Crippen LogP contribution in [0.15, 0.2) is 33.9 Å². The minimum atomic E-state index is -0.575. The van der Waals surface area contributed by atoms with E-state index in [-0.39, 0.29) is 5.82 Å². The largest absolute Gasteiger partial charge is 0.327 e. The predicted molar refractivity (Wildman–Crippen MR) is 71.1 cm³/mol. The smallest absolute Gasteiger partial charge is 0.300 e. The Morgan fingerprint density at radius 3 is 2.56 bits per heavy atom. The number of rotatable bonds is 3. The third kappa shape index (κ3) is 2.92. The van der Waals surface area contributed by atoms with E-state index in [0.717, 1.165) is 5.56 Å². The number of halogens is 1. The molecule has 0 aliphatic rings. The normalized spacial score (nSPS) is 10.1. The van der Waals surface area contributed by atoms with Crippen LogP contribution in [0.2, 0.25) is 5.02 Å². The summed E-state index contributed by atoms with van der Waals surface area (Å²) in [5.41, 5.74) is 6.15. The lowest BCUT2D eigenvalue weighted by Gasteiger charge is -2.09. The van der Waals surface area contributed by atoms with Crippen LogP contribution in [0.4, 0.5) is 11.5 Å². The van der Waals surface area contributed by atoms with Crippen LogP contribution in [0.3, 0.4) is 0 Å². The number of hydrogen-bond acceptors (Lipinski definition) is 4. The van der Waals surface area contributed by atoms with Crippen LogP contribution in [0.1, 0.15) is 5.56 Å². The van der Waals surface area contributed by atoms with Gasteiger partial charge in [-0.3, -0.25) is 25.6 Å². The number of hydrogen-bond donors (Lipinski definition) is 4. The van der Waals surface area contributed by atoms with E-state index in [0.29, 0.717) is 10.7 Å². The average molecular weight is 267 g/mol. The molecule has 0 radical (unpaired) electrons. The molecule has 0 saturated heterocycles. The standard InChI is InChI=1S/C11H11ClN4O2/c1-6-2-3-7(4-8(6)12)15-16-9-5-10(17)14-11(18)13-9/h2-5,15H,1H3,(H3,13,14,16,17,18). The van der Waals surface area contributed by atoms with Gasteiger partial charge in [0.15, 0.2) is 0 Å². The molecule has 0 fully saturated rings. The Balaban J connectivity index is 2.13. The van der Waals surface area contributed by atoms with Gasteiger partial charge in [0.25, 0.3) is 5.56 Å². The molecular weight excluding hydrogens is 256 g/mol. The van der Waals surface area contributed by atoms with Crippen molar-refractivity contribution in [3.8, 4) is 0 Å². The molecule has 1 aromatic heterocycles. The summed E-state index contributed by atoms with van der Waals surface area (Å²) in [7, 11) is 0. The first-order valence-corrected chi connectivity index (χ1v) is 5.54. The lowest BCUT2D eigenvalue weighted by Crippen LogP contribution is -2.24. The quantitative estimate of drug-likeness (QED) is 0.633. The molecule has 2 aromatic rings. The number of anilines is 2. The summed E-state index contributed by atoms with van der Waals surface area (Å²) in [5, 5.41) is 0.626. The highest BCUT2D eigenvalue weighted by Crippen LogP contribution is 2.19. The summed E-state index contributed by atoms with van der Waals surface area (Å²) in [4.78, 5) is 26.6. The van der Waals surface area contributed by atoms with E-state index in [1.54, 1.807) is 6.07 Å². The number of hydrazine groups is 1. The number of H-pyrrole nitrogens is 2. The van der Waals surface area contributed by atoms with Gasteiger partial charge in [0.2, 0.25) is 0 Å². The maximum Gasteiger partial charge on any atom is 0.327 e. The minimum absolute atomic E-state index is 0.264. The Hall–Kier alpha value is -2.21. The third-order valence-corrected chi connectivity index (χ3v) is 2.68. The Labute approximate surface area is 107 Å². The monoisotopic (exact) mass is 266 g/mol. The zero-order valence-corrected chi connectivity index (χ0v) is 10.3. The molecule has 0 bridgehead atoms. The van der Waals surface area contributed by atoms with Crippen molar-refractivity contribution in [2.24, 2.45) is 0 Å². The van der Waals surface area contributed by atoms with Gasteiger partial charge in [0, 0.05) is 11.1 Å². The van der Waals surface area contributed by atoms with Crippen molar-refractivity contribution in [3.63, 3.8) is 0 Å². The van der Waals surface area contributed by atoms with Crippen molar-refractivity contribution in [3.05, 3.63) is 55.7 Å². The number of benzene rings is 1. The van der Waals surface area contributed by atoms with Gasteiger partial charge in [0.05, 0.1) is 5.69 Å². The summed E-state index contributed by atoms with van der Waals surface area (Å²) in [6.45, 7) is 1.90. The van der Waals surface area contributed by atoms with Crippen molar-refractivity contribution in [2.45, 2.75) is 6.92 Å². The Bertz CT molecular complexity index is 649. The van der Waals surface area contributed by atoms with Crippen molar-refractivity contribution in [1.82, 2.24) is 9.97 Å². The molecule has 7 heteroatoms. The van der Waals surface area contributed by atoms with Crippen molar-refractivity contribution in [1.29, 1.82) is 0 Å². The third-order valence-electron chi connectivity index (χ3n) is 2.27. The fourth-order valence-electron chi connectivity index (χ4n) is 1.35. The SMILES string of the molecule is Cc1ccc(NNc2cc(=O)[nH]c(=O)[nH]2)cc1Cl. The van der Waals surface area contributed by atoms with Crippen LogP contribution in [-0.2, 0) is 0 Å².